The van der Waals surface area contributed by atoms with E-state index in [9.17, 15) is 14.0 Å². The summed E-state index contributed by atoms with van der Waals surface area (Å²) in [6, 6.07) is 16.0. The summed E-state index contributed by atoms with van der Waals surface area (Å²) in [5.74, 6) is 0.205. The lowest BCUT2D eigenvalue weighted by Crippen LogP contribution is -2.33. The van der Waals surface area contributed by atoms with Crippen LogP contribution in [0.3, 0.4) is 0 Å². The number of amides is 2. The van der Waals surface area contributed by atoms with Gasteiger partial charge in [-0.05, 0) is 57.4 Å². The first kappa shape index (κ1) is 23.0. The Bertz CT molecular complexity index is 1150. The minimum absolute atomic E-state index is 0.201. The van der Waals surface area contributed by atoms with E-state index in [-0.39, 0.29) is 19.0 Å². The summed E-state index contributed by atoms with van der Waals surface area (Å²) in [7, 11) is 0. The van der Waals surface area contributed by atoms with Crippen LogP contribution in [-0.4, -0.2) is 31.2 Å². The van der Waals surface area contributed by atoms with E-state index < -0.39 is 18.0 Å². The molecule has 7 nitrogen and oxygen atoms in total. The highest BCUT2D eigenvalue weighted by Crippen LogP contribution is 2.29. The number of carbonyl (C=O) groups excluding carboxylic acids is 2. The number of nitrogens with one attached hydrogen (secondary N) is 2. The molecular weight excluding hydrogens is 493 g/mol. The highest BCUT2D eigenvalue weighted by Gasteiger charge is 2.32. The smallest absolute Gasteiger partial charge is 0.414 e. The van der Waals surface area contributed by atoms with Gasteiger partial charge in [0.25, 0.3) is 0 Å². The van der Waals surface area contributed by atoms with Crippen molar-refractivity contribution in [3.63, 3.8) is 0 Å². The molecule has 1 aromatic heterocycles. The van der Waals surface area contributed by atoms with E-state index in [4.69, 9.17) is 9.15 Å². The average Bonchev–Trinajstić information content (AvgIpc) is 3.38. The summed E-state index contributed by atoms with van der Waals surface area (Å²) >= 11 is 3.28. The topological polar surface area (TPSA) is 83.8 Å². The van der Waals surface area contributed by atoms with E-state index in [0.29, 0.717) is 29.0 Å². The Morgan fingerprint density at radius 3 is 2.61 bits per heavy atom. The number of hydrogen-bond donors (Lipinski definition) is 2. The maximum Gasteiger partial charge on any atom is 0.414 e. The monoisotopic (exact) mass is 515 g/mol. The van der Waals surface area contributed by atoms with E-state index in [2.05, 4.69) is 26.6 Å². The molecule has 1 aliphatic rings. The normalized spacial score (nSPS) is 15.5. The predicted molar refractivity (Wildman–Crippen MR) is 125 cm³/mol. The summed E-state index contributed by atoms with van der Waals surface area (Å²) in [5, 5.41) is 5.92. The molecular formula is C24H23BrFN3O4. The number of carbonyl (C=O) groups is 2. The van der Waals surface area contributed by atoms with Crippen LogP contribution >= 0.6 is 15.9 Å². The van der Waals surface area contributed by atoms with Gasteiger partial charge >= 0.3 is 6.09 Å². The van der Waals surface area contributed by atoms with Crippen LogP contribution in [0.5, 0.6) is 0 Å². The first-order chi connectivity index (χ1) is 15.9. The molecule has 1 fully saturated rings. The molecule has 2 N–H and O–H groups in total. The van der Waals surface area contributed by atoms with Crippen molar-refractivity contribution in [2.75, 3.05) is 18.0 Å². The molecule has 0 aliphatic carbocycles. The summed E-state index contributed by atoms with van der Waals surface area (Å²) in [6.07, 6.45) is -1.03. The maximum absolute atomic E-state index is 14.9. The number of nitrogens with zero attached hydrogens (tertiary/aromatic N) is 1. The minimum atomic E-state index is -0.559. The van der Waals surface area contributed by atoms with Gasteiger partial charge < -0.3 is 19.8 Å². The molecule has 1 aliphatic heterocycles. The highest BCUT2D eigenvalue weighted by atomic mass is 79.9. The minimum Gasteiger partial charge on any atom is -0.453 e. The number of cyclic esters (lactones) is 1. The Hall–Kier alpha value is -3.17. The van der Waals surface area contributed by atoms with Crippen LogP contribution in [0.25, 0.3) is 11.1 Å². The Kier molecular flexibility index (Phi) is 7.10. The van der Waals surface area contributed by atoms with Gasteiger partial charge in [-0.1, -0.05) is 24.3 Å². The zero-order chi connectivity index (χ0) is 23.4. The van der Waals surface area contributed by atoms with Crippen LogP contribution in [0.2, 0.25) is 0 Å². The SMILES string of the molecule is CC(=O)NC[C@H]1CN(c2ccc(-c3ccc(CNCc4ccc(Br)o4)cc3)c(F)c2)C(=O)O1. The van der Waals surface area contributed by atoms with Crippen molar-refractivity contribution >= 4 is 33.6 Å². The molecule has 0 saturated carbocycles. The van der Waals surface area contributed by atoms with E-state index in [1.165, 1.54) is 17.9 Å². The first-order valence-corrected chi connectivity index (χ1v) is 11.2. The van der Waals surface area contributed by atoms with Gasteiger partial charge in [0.05, 0.1) is 25.3 Å². The van der Waals surface area contributed by atoms with Gasteiger partial charge in [-0.3, -0.25) is 9.69 Å². The fraction of sp³-hybridized carbons (Fsp3) is 0.250. The summed E-state index contributed by atoms with van der Waals surface area (Å²) < 4.78 is 26.3. The number of halogens is 2. The van der Waals surface area contributed by atoms with Crippen molar-refractivity contribution in [1.29, 1.82) is 0 Å². The van der Waals surface area contributed by atoms with Gasteiger partial charge in [0.15, 0.2) is 4.67 Å². The molecule has 1 saturated heterocycles. The second-order valence-electron chi connectivity index (χ2n) is 7.72. The molecule has 0 radical (unpaired) electrons. The lowest BCUT2D eigenvalue weighted by molar-refractivity contribution is -0.119. The molecule has 9 heteroatoms. The van der Waals surface area contributed by atoms with Crippen LogP contribution < -0.4 is 15.5 Å². The molecule has 0 unspecified atom stereocenters. The molecule has 4 rings (SSSR count). The molecule has 0 bridgehead atoms. The van der Waals surface area contributed by atoms with Gasteiger partial charge in [0.1, 0.15) is 17.7 Å². The van der Waals surface area contributed by atoms with Crippen LogP contribution in [0, 0.1) is 5.82 Å². The van der Waals surface area contributed by atoms with E-state index in [1.54, 1.807) is 12.1 Å². The van der Waals surface area contributed by atoms with Crippen molar-refractivity contribution in [2.24, 2.45) is 0 Å². The van der Waals surface area contributed by atoms with Gasteiger partial charge in [0, 0.05) is 19.0 Å². The number of furan rings is 1. The molecule has 33 heavy (non-hydrogen) atoms. The number of hydrogen-bond acceptors (Lipinski definition) is 5. The van der Waals surface area contributed by atoms with Gasteiger partial charge in [-0.2, -0.15) is 0 Å². The quantitative estimate of drug-likeness (QED) is 0.458. The van der Waals surface area contributed by atoms with Crippen LogP contribution in [0.4, 0.5) is 14.9 Å². The molecule has 1 atom stereocenters. The number of anilines is 1. The van der Waals surface area contributed by atoms with E-state index in [1.807, 2.05) is 36.4 Å². The number of rotatable bonds is 8. The third kappa shape index (κ3) is 5.80. The zero-order valence-corrected chi connectivity index (χ0v) is 19.5. The Balaban J connectivity index is 1.37. The van der Waals surface area contributed by atoms with E-state index in [0.717, 1.165) is 16.9 Å². The Morgan fingerprint density at radius 2 is 1.94 bits per heavy atom. The summed E-state index contributed by atoms with van der Waals surface area (Å²) in [4.78, 5) is 24.6. The van der Waals surface area contributed by atoms with Crippen molar-refractivity contribution in [3.8, 4) is 11.1 Å². The van der Waals surface area contributed by atoms with Crippen molar-refractivity contribution < 1.29 is 23.1 Å². The van der Waals surface area contributed by atoms with E-state index >= 15 is 0 Å². The maximum atomic E-state index is 14.9. The standard InChI is InChI=1S/C24H23BrFN3O4/c1-15(30)28-13-20-14-29(24(31)33-20)18-6-8-21(22(26)10-18)17-4-2-16(3-5-17)11-27-12-19-7-9-23(25)32-19/h2-10,20,27H,11-14H2,1H3,(H,28,30)/t20-/m0/s1. The molecule has 2 heterocycles. The molecule has 3 aromatic rings. The number of ether oxygens (including phenoxy) is 1. The lowest BCUT2D eigenvalue weighted by atomic mass is 10.0. The van der Waals surface area contributed by atoms with Crippen molar-refractivity contribution in [3.05, 3.63) is 76.4 Å². The second-order valence-corrected chi connectivity index (χ2v) is 8.51. The molecule has 2 aromatic carbocycles. The Morgan fingerprint density at radius 1 is 1.15 bits per heavy atom. The third-order valence-corrected chi connectivity index (χ3v) is 5.67. The average molecular weight is 516 g/mol. The van der Waals surface area contributed by atoms with Crippen molar-refractivity contribution in [2.45, 2.75) is 26.1 Å². The zero-order valence-electron chi connectivity index (χ0n) is 17.9. The fourth-order valence-electron chi connectivity index (χ4n) is 3.58. The second kappa shape index (κ2) is 10.2. The number of benzene rings is 2. The first-order valence-electron chi connectivity index (χ1n) is 10.5. The highest BCUT2D eigenvalue weighted by molar-refractivity contribution is 9.10. The van der Waals surface area contributed by atoms with Gasteiger partial charge in [-0.15, -0.1) is 0 Å². The van der Waals surface area contributed by atoms with Gasteiger partial charge in [-0.25, -0.2) is 9.18 Å². The third-order valence-electron chi connectivity index (χ3n) is 5.24. The largest absolute Gasteiger partial charge is 0.453 e. The molecule has 2 amide bonds. The predicted octanol–water partition coefficient (Wildman–Crippen LogP) is 4.60. The summed E-state index contributed by atoms with van der Waals surface area (Å²) in [6.45, 7) is 3.11. The van der Waals surface area contributed by atoms with Crippen LogP contribution in [0.1, 0.15) is 18.2 Å². The Labute approximate surface area is 199 Å². The summed E-state index contributed by atoms with van der Waals surface area (Å²) in [5.41, 5.74) is 2.66. The fourth-order valence-corrected chi connectivity index (χ4v) is 3.92. The molecule has 172 valence electrons. The lowest BCUT2D eigenvalue weighted by Gasteiger charge is -2.15. The van der Waals surface area contributed by atoms with Gasteiger partial charge in [0.2, 0.25) is 5.91 Å². The van der Waals surface area contributed by atoms with Crippen LogP contribution in [0.15, 0.2) is 63.7 Å². The van der Waals surface area contributed by atoms with Crippen molar-refractivity contribution in [1.82, 2.24) is 10.6 Å². The molecule has 0 spiro atoms. The van der Waals surface area contributed by atoms with Crippen LogP contribution in [-0.2, 0) is 22.6 Å².